The van der Waals surface area contributed by atoms with Crippen LogP contribution in [0.5, 0.6) is 0 Å². The van der Waals surface area contributed by atoms with E-state index in [0.717, 1.165) is 11.1 Å². The zero-order valence-electron chi connectivity index (χ0n) is 18.5. The zero-order valence-corrected chi connectivity index (χ0v) is 20.1. The van der Waals surface area contributed by atoms with Crippen molar-refractivity contribution in [3.63, 3.8) is 0 Å². The van der Waals surface area contributed by atoms with Gasteiger partial charge in [0.1, 0.15) is 5.82 Å². The quantitative estimate of drug-likeness (QED) is 0.455. The van der Waals surface area contributed by atoms with Crippen LogP contribution in [-0.2, 0) is 14.8 Å². The Morgan fingerprint density at radius 2 is 1.88 bits per heavy atom. The summed E-state index contributed by atoms with van der Waals surface area (Å²) in [4.78, 5) is 17.0. The fourth-order valence-corrected chi connectivity index (χ4v) is 4.38. The zero-order chi connectivity index (χ0) is 24.2. The molecule has 3 rings (SSSR count). The number of benzene rings is 1. The van der Waals surface area contributed by atoms with Gasteiger partial charge >= 0.3 is 0 Å². The summed E-state index contributed by atoms with van der Waals surface area (Å²) in [6.45, 7) is 7.49. The lowest BCUT2D eigenvalue weighted by molar-refractivity contribution is -0.122. The molecule has 0 atom stereocenters. The number of nitrogens with one attached hydrogen (secondary N) is 2. The van der Waals surface area contributed by atoms with E-state index in [4.69, 9.17) is 17.3 Å². The number of nitrogens with zero attached hydrogens (tertiary/aromatic N) is 1. The van der Waals surface area contributed by atoms with Crippen LogP contribution in [0.3, 0.4) is 0 Å². The van der Waals surface area contributed by atoms with Crippen LogP contribution in [-0.4, -0.2) is 24.6 Å². The van der Waals surface area contributed by atoms with Crippen molar-refractivity contribution in [3.05, 3.63) is 83.9 Å². The van der Waals surface area contributed by atoms with Crippen LogP contribution in [0, 0.1) is 5.41 Å². The molecule has 1 aromatic heterocycles. The molecule has 1 heterocycles. The number of carbonyl (C=O) groups excluding carboxylic acids is 1. The monoisotopic (exact) mass is 486 g/mol. The molecule has 1 amide bonds. The third-order valence-electron chi connectivity index (χ3n) is 5.35. The standard InChI is InChI=1S/C24H27ClN4O3S/c1-16(5-4-6-22(26)29-33(31,32)21-11-12-21)24(2,3)23(30)28-20-9-7-17(8-10-20)18-13-19(25)15-27-14-18/h4-10,13-15,21,29H,1,11-12,26H2,2-3H3,(H,28,30)/b5-4-,22-6+. The Morgan fingerprint density at radius 3 is 2.48 bits per heavy atom. The maximum Gasteiger partial charge on any atom is 0.236 e. The Labute approximate surface area is 199 Å². The number of aromatic nitrogens is 1. The number of anilines is 1. The maximum atomic E-state index is 12.9. The van der Waals surface area contributed by atoms with Gasteiger partial charge in [-0.15, -0.1) is 0 Å². The summed E-state index contributed by atoms with van der Waals surface area (Å²) in [5, 5.41) is 3.09. The van der Waals surface area contributed by atoms with Gasteiger partial charge in [0.25, 0.3) is 0 Å². The normalized spacial score (nSPS) is 14.8. The van der Waals surface area contributed by atoms with Crippen LogP contribution in [0.4, 0.5) is 5.69 Å². The summed E-state index contributed by atoms with van der Waals surface area (Å²) >= 11 is 6.00. The SMILES string of the molecule is C=C(/C=C\C=C(/N)NS(=O)(=O)C1CC1)C(C)(C)C(=O)Nc1ccc(-c2cncc(Cl)c2)cc1. The highest BCUT2D eigenvalue weighted by Crippen LogP contribution is 2.29. The first kappa shape index (κ1) is 24.5. The number of hydrogen-bond acceptors (Lipinski definition) is 5. The maximum absolute atomic E-state index is 12.9. The number of amides is 1. The van der Waals surface area contributed by atoms with Crippen molar-refractivity contribution in [2.24, 2.45) is 11.1 Å². The second-order valence-corrected chi connectivity index (χ2v) is 10.8. The minimum Gasteiger partial charge on any atom is -0.385 e. The van der Waals surface area contributed by atoms with Crippen molar-refractivity contribution < 1.29 is 13.2 Å². The third-order valence-corrected chi connectivity index (χ3v) is 7.42. The number of allylic oxidation sites excluding steroid dienone is 3. The van der Waals surface area contributed by atoms with Gasteiger partial charge < -0.3 is 11.1 Å². The fraction of sp³-hybridized carbons (Fsp3) is 0.250. The summed E-state index contributed by atoms with van der Waals surface area (Å²) in [5.74, 6) is -0.219. The largest absolute Gasteiger partial charge is 0.385 e. The van der Waals surface area contributed by atoms with Gasteiger partial charge in [0.05, 0.1) is 15.7 Å². The lowest BCUT2D eigenvalue weighted by Crippen LogP contribution is -2.31. The molecule has 0 radical (unpaired) electrons. The Morgan fingerprint density at radius 1 is 1.21 bits per heavy atom. The van der Waals surface area contributed by atoms with Crippen LogP contribution in [0.2, 0.25) is 5.02 Å². The minimum absolute atomic E-state index is 0.0169. The molecule has 1 saturated carbocycles. The molecule has 1 aromatic carbocycles. The second-order valence-electron chi connectivity index (χ2n) is 8.40. The van der Waals surface area contributed by atoms with E-state index in [1.165, 1.54) is 6.08 Å². The number of nitrogens with two attached hydrogens (primary N) is 1. The van der Waals surface area contributed by atoms with Gasteiger partial charge in [-0.05, 0) is 62.1 Å². The van der Waals surface area contributed by atoms with Crippen molar-refractivity contribution in [1.29, 1.82) is 0 Å². The number of pyridine rings is 1. The molecular weight excluding hydrogens is 460 g/mol. The molecule has 2 aromatic rings. The Balaban J connectivity index is 1.60. The van der Waals surface area contributed by atoms with Gasteiger partial charge in [-0.1, -0.05) is 42.5 Å². The van der Waals surface area contributed by atoms with Crippen LogP contribution >= 0.6 is 11.6 Å². The van der Waals surface area contributed by atoms with E-state index >= 15 is 0 Å². The Hall–Kier alpha value is -3.10. The molecule has 33 heavy (non-hydrogen) atoms. The van der Waals surface area contributed by atoms with Gasteiger partial charge in [0.15, 0.2) is 0 Å². The molecule has 0 saturated heterocycles. The van der Waals surface area contributed by atoms with Crippen molar-refractivity contribution in [2.45, 2.75) is 31.9 Å². The predicted molar refractivity (Wildman–Crippen MR) is 133 cm³/mol. The molecular formula is C24H27ClN4O3S. The minimum atomic E-state index is -3.41. The first-order valence-corrected chi connectivity index (χ1v) is 12.3. The molecule has 1 aliphatic carbocycles. The molecule has 0 unspecified atom stereocenters. The highest BCUT2D eigenvalue weighted by molar-refractivity contribution is 7.90. The topological polar surface area (TPSA) is 114 Å². The summed E-state index contributed by atoms with van der Waals surface area (Å²) in [6, 6.07) is 9.18. The van der Waals surface area contributed by atoms with Crippen LogP contribution in [0.15, 0.2) is 78.9 Å². The van der Waals surface area contributed by atoms with Crippen molar-refractivity contribution >= 4 is 33.2 Å². The van der Waals surface area contributed by atoms with Crippen LogP contribution in [0.1, 0.15) is 26.7 Å². The van der Waals surface area contributed by atoms with Crippen molar-refractivity contribution in [1.82, 2.24) is 9.71 Å². The molecule has 174 valence electrons. The fourth-order valence-electron chi connectivity index (χ4n) is 2.89. The van der Waals surface area contributed by atoms with E-state index in [1.807, 2.05) is 18.2 Å². The number of hydrogen-bond donors (Lipinski definition) is 3. The number of sulfonamides is 1. The number of carbonyl (C=O) groups is 1. The highest BCUT2D eigenvalue weighted by atomic mass is 35.5. The molecule has 1 fully saturated rings. The van der Waals surface area contributed by atoms with E-state index in [-0.39, 0.29) is 17.0 Å². The molecule has 1 aliphatic rings. The summed E-state index contributed by atoms with van der Waals surface area (Å²) in [7, 11) is -3.41. The summed E-state index contributed by atoms with van der Waals surface area (Å²) in [6.07, 6.45) is 9.22. The van der Waals surface area contributed by atoms with Crippen LogP contribution < -0.4 is 15.8 Å². The van der Waals surface area contributed by atoms with E-state index in [1.54, 1.807) is 50.5 Å². The molecule has 0 spiro atoms. The number of halogens is 1. The number of rotatable bonds is 9. The first-order valence-electron chi connectivity index (χ1n) is 10.4. The molecule has 7 nitrogen and oxygen atoms in total. The summed E-state index contributed by atoms with van der Waals surface area (Å²) in [5.41, 5.74) is 7.82. The van der Waals surface area contributed by atoms with Gasteiger partial charge in [-0.2, -0.15) is 0 Å². The second kappa shape index (κ2) is 9.80. The molecule has 9 heteroatoms. The van der Waals surface area contributed by atoms with Crippen molar-refractivity contribution in [3.8, 4) is 11.1 Å². The van der Waals surface area contributed by atoms with E-state index < -0.39 is 15.4 Å². The molecule has 0 aliphatic heterocycles. The van der Waals surface area contributed by atoms with Gasteiger partial charge in [0.2, 0.25) is 15.9 Å². The predicted octanol–water partition coefficient (Wildman–Crippen LogP) is 4.36. The van der Waals surface area contributed by atoms with E-state index in [0.29, 0.717) is 29.1 Å². The van der Waals surface area contributed by atoms with Gasteiger partial charge in [-0.25, -0.2) is 8.42 Å². The molecule has 0 bridgehead atoms. The van der Waals surface area contributed by atoms with E-state index in [2.05, 4.69) is 21.6 Å². The lowest BCUT2D eigenvalue weighted by atomic mass is 9.83. The average molecular weight is 487 g/mol. The van der Waals surface area contributed by atoms with Gasteiger partial charge in [-0.3, -0.25) is 14.5 Å². The van der Waals surface area contributed by atoms with Crippen LogP contribution in [0.25, 0.3) is 11.1 Å². The third kappa shape index (κ3) is 6.46. The summed E-state index contributed by atoms with van der Waals surface area (Å²) < 4.78 is 26.2. The highest BCUT2D eigenvalue weighted by Gasteiger charge is 2.35. The van der Waals surface area contributed by atoms with Crippen molar-refractivity contribution in [2.75, 3.05) is 5.32 Å². The van der Waals surface area contributed by atoms with Gasteiger partial charge in [0, 0.05) is 23.6 Å². The smallest absolute Gasteiger partial charge is 0.236 e. The first-order chi connectivity index (χ1) is 15.5. The Kier molecular flexibility index (Phi) is 7.29. The molecule has 4 N–H and O–H groups in total. The lowest BCUT2D eigenvalue weighted by Gasteiger charge is -2.24. The average Bonchev–Trinajstić information content (AvgIpc) is 3.60. The van der Waals surface area contributed by atoms with E-state index in [9.17, 15) is 13.2 Å². The Bertz CT molecular complexity index is 1210.